The van der Waals surface area contributed by atoms with Crippen molar-refractivity contribution in [3.05, 3.63) is 83.6 Å². The third-order valence-electron chi connectivity index (χ3n) is 4.15. The van der Waals surface area contributed by atoms with E-state index in [-0.39, 0.29) is 18.3 Å². The quantitative estimate of drug-likeness (QED) is 0.589. The van der Waals surface area contributed by atoms with Crippen LogP contribution in [-0.2, 0) is 6.54 Å². The standard InChI is InChI=1S/C21H16FN3O2/c1-13-9-18(17-8-7-15(22)10-19(17)24-13)20(26)23-11-16-12-27-21(25-16)14-5-3-2-4-6-14/h2-10,12H,11H2,1H3,(H,23,26). The Kier molecular flexibility index (Phi) is 4.38. The molecular formula is C21H16FN3O2. The minimum absolute atomic E-state index is 0.221. The molecular weight excluding hydrogens is 345 g/mol. The molecule has 2 aromatic carbocycles. The summed E-state index contributed by atoms with van der Waals surface area (Å²) in [6, 6.07) is 15.4. The van der Waals surface area contributed by atoms with Gasteiger partial charge in [0.1, 0.15) is 12.1 Å². The highest BCUT2D eigenvalue weighted by molar-refractivity contribution is 6.06. The summed E-state index contributed by atoms with van der Waals surface area (Å²) in [5.41, 5.74) is 3.03. The molecule has 134 valence electrons. The smallest absolute Gasteiger partial charge is 0.252 e. The van der Waals surface area contributed by atoms with Crippen LogP contribution in [0, 0.1) is 12.7 Å². The van der Waals surface area contributed by atoms with Gasteiger partial charge in [-0.05, 0) is 37.3 Å². The number of halogens is 1. The van der Waals surface area contributed by atoms with E-state index in [1.165, 1.54) is 18.4 Å². The van der Waals surface area contributed by atoms with Crippen molar-refractivity contribution in [3.8, 4) is 11.5 Å². The predicted octanol–water partition coefficient (Wildman–Crippen LogP) is 4.27. The zero-order valence-corrected chi connectivity index (χ0v) is 14.6. The van der Waals surface area contributed by atoms with Crippen LogP contribution in [0.5, 0.6) is 0 Å². The Morgan fingerprint density at radius 1 is 1.11 bits per heavy atom. The number of rotatable bonds is 4. The number of nitrogens with one attached hydrogen (secondary N) is 1. The number of aryl methyl sites for hydroxylation is 1. The highest BCUT2D eigenvalue weighted by atomic mass is 19.1. The number of benzene rings is 2. The Morgan fingerprint density at radius 2 is 1.93 bits per heavy atom. The lowest BCUT2D eigenvalue weighted by Gasteiger charge is -2.08. The lowest BCUT2D eigenvalue weighted by Crippen LogP contribution is -2.23. The second-order valence-electron chi connectivity index (χ2n) is 6.17. The Bertz CT molecular complexity index is 1120. The molecule has 0 bridgehead atoms. The van der Waals surface area contributed by atoms with Crippen molar-refractivity contribution >= 4 is 16.8 Å². The molecule has 0 atom stereocenters. The molecule has 0 saturated carbocycles. The fourth-order valence-electron chi connectivity index (χ4n) is 2.89. The highest BCUT2D eigenvalue weighted by Gasteiger charge is 2.14. The van der Waals surface area contributed by atoms with Crippen molar-refractivity contribution in [1.29, 1.82) is 0 Å². The van der Waals surface area contributed by atoms with Gasteiger partial charge in [0, 0.05) is 22.7 Å². The van der Waals surface area contributed by atoms with Crippen LogP contribution < -0.4 is 5.32 Å². The van der Waals surface area contributed by atoms with E-state index in [0.29, 0.717) is 33.7 Å². The maximum absolute atomic E-state index is 13.5. The summed E-state index contributed by atoms with van der Waals surface area (Å²) >= 11 is 0. The molecule has 6 heteroatoms. The molecule has 0 spiro atoms. The van der Waals surface area contributed by atoms with Gasteiger partial charge in [-0.1, -0.05) is 18.2 Å². The van der Waals surface area contributed by atoms with Crippen LogP contribution in [-0.4, -0.2) is 15.9 Å². The van der Waals surface area contributed by atoms with Gasteiger partial charge >= 0.3 is 0 Å². The third kappa shape index (κ3) is 3.55. The number of aromatic nitrogens is 2. The minimum atomic E-state index is -0.386. The van der Waals surface area contributed by atoms with E-state index in [4.69, 9.17) is 4.42 Å². The average Bonchev–Trinajstić information content (AvgIpc) is 3.15. The molecule has 5 nitrogen and oxygen atoms in total. The lowest BCUT2D eigenvalue weighted by atomic mass is 10.1. The normalized spacial score (nSPS) is 10.9. The maximum Gasteiger partial charge on any atom is 0.252 e. The highest BCUT2D eigenvalue weighted by Crippen LogP contribution is 2.20. The van der Waals surface area contributed by atoms with Gasteiger partial charge in [-0.3, -0.25) is 9.78 Å². The van der Waals surface area contributed by atoms with Gasteiger partial charge < -0.3 is 9.73 Å². The third-order valence-corrected chi connectivity index (χ3v) is 4.15. The monoisotopic (exact) mass is 361 g/mol. The van der Waals surface area contributed by atoms with Gasteiger partial charge in [0.25, 0.3) is 5.91 Å². The fraction of sp³-hybridized carbons (Fsp3) is 0.0952. The van der Waals surface area contributed by atoms with Gasteiger partial charge in [-0.2, -0.15) is 0 Å². The largest absolute Gasteiger partial charge is 0.444 e. The molecule has 1 amide bonds. The first-order valence-corrected chi connectivity index (χ1v) is 8.45. The topological polar surface area (TPSA) is 68.0 Å². The van der Waals surface area contributed by atoms with E-state index < -0.39 is 0 Å². The molecule has 1 N–H and O–H groups in total. The van der Waals surface area contributed by atoms with E-state index in [2.05, 4.69) is 15.3 Å². The Labute approximate surface area is 154 Å². The first-order valence-electron chi connectivity index (χ1n) is 8.45. The van der Waals surface area contributed by atoms with Crippen molar-refractivity contribution in [2.45, 2.75) is 13.5 Å². The molecule has 0 aliphatic rings. The second-order valence-corrected chi connectivity index (χ2v) is 6.17. The number of pyridine rings is 1. The molecule has 0 saturated heterocycles. The van der Waals surface area contributed by atoms with Crippen molar-refractivity contribution in [3.63, 3.8) is 0 Å². The average molecular weight is 361 g/mol. The Hall–Kier alpha value is -3.54. The van der Waals surface area contributed by atoms with Gasteiger partial charge in [0.15, 0.2) is 0 Å². The molecule has 4 rings (SSSR count). The summed E-state index contributed by atoms with van der Waals surface area (Å²) < 4.78 is 18.9. The number of hydrogen-bond acceptors (Lipinski definition) is 4. The fourth-order valence-corrected chi connectivity index (χ4v) is 2.89. The van der Waals surface area contributed by atoms with Gasteiger partial charge in [-0.25, -0.2) is 9.37 Å². The van der Waals surface area contributed by atoms with Crippen LogP contribution >= 0.6 is 0 Å². The zero-order valence-electron chi connectivity index (χ0n) is 14.6. The van der Waals surface area contributed by atoms with E-state index in [0.717, 1.165) is 5.56 Å². The second kappa shape index (κ2) is 6.99. The van der Waals surface area contributed by atoms with Gasteiger partial charge in [0.2, 0.25) is 5.89 Å². The minimum Gasteiger partial charge on any atom is -0.444 e. The summed E-state index contributed by atoms with van der Waals surface area (Å²) in [7, 11) is 0. The number of oxazole rings is 1. The number of carbonyl (C=O) groups excluding carboxylic acids is 1. The maximum atomic E-state index is 13.5. The summed E-state index contributed by atoms with van der Waals surface area (Å²) in [6.07, 6.45) is 1.52. The first-order chi connectivity index (χ1) is 13.1. The number of amides is 1. The number of fused-ring (bicyclic) bond motifs is 1. The molecule has 0 unspecified atom stereocenters. The number of carbonyl (C=O) groups is 1. The van der Waals surface area contributed by atoms with E-state index >= 15 is 0 Å². The van der Waals surface area contributed by atoms with Crippen molar-refractivity contribution < 1.29 is 13.6 Å². The predicted molar refractivity (Wildman–Crippen MR) is 99.5 cm³/mol. The van der Waals surface area contributed by atoms with E-state index in [1.807, 2.05) is 30.3 Å². The summed E-state index contributed by atoms with van der Waals surface area (Å²) in [5.74, 6) is -0.162. The summed E-state index contributed by atoms with van der Waals surface area (Å²) in [6.45, 7) is 1.99. The Balaban J connectivity index is 1.54. The molecule has 2 aromatic heterocycles. The van der Waals surface area contributed by atoms with Crippen LogP contribution in [0.15, 0.2) is 65.3 Å². The lowest BCUT2D eigenvalue weighted by molar-refractivity contribution is 0.0952. The summed E-state index contributed by atoms with van der Waals surface area (Å²) in [5, 5.41) is 3.43. The molecule has 0 aliphatic heterocycles. The van der Waals surface area contributed by atoms with Crippen LogP contribution in [0.1, 0.15) is 21.7 Å². The van der Waals surface area contributed by atoms with Gasteiger partial charge in [0.05, 0.1) is 23.3 Å². The van der Waals surface area contributed by atoms with Crippen molar-refractivity contribution in [1.82, 2.24) is 15.3 Å². The van der Waals surface area contributed by atoms with Gasteiger partial charge in [-0.15, -0.1) is 0 Å². The molecule has 4 aromatic rings. The SMILES string of the molecule is Cc1cc(C(=O)NCc2coc(-c3ccccc3)n2)c2ccc(F)cc2n1. The van der Waals surface area contributed by atoms with Crippen LogP contribution in [0.4, 0.5) is 4.39 Å². The molecule has 27 heavy (non-hydrogen) atoms. The molecule has 0 radical (unpaired) electrons. The molecule has 0 fully saturated rings. The molecule has 0 aliphatic carbocycles. The van der Waals surface area contributed by atoms with Crippen molar-refractivity contribution in [2.24, 2.45) is 0 Å². The number of nitrogens with zero attached hydrogens (tertiary/aromatic N) is 2. The summed E-state index contributed by atoms with van der Waals surface area (Å²) in [4.78, 5) is 21.3. The van der Waals surface area contributed by atoms with Crippen molar-refractivity contribution in [2.75, 3.05) is 0 Å². The molecule has 2 heterocycles. The van der Waals surface area contributed by atoms with Crippen LogP contribution in [0.3, 0.4) is 0 Å². The first kappa shape index (κ1) is 16.9. The van der Waals surface area contributed by atoms with E-state index in [9.17, 15) is 9.18 Å². The Morgan fingerprint density at radius 3 is 2.74 bits per heavy atom. The van der Waals surface area contributed by atoms with Crippen LogP contribution in [0.2, 0.25) is 0 Å². The van der Waals surface area contributed by atoms with Crippen LogP contribution in [0.25, 0.3) is 22.4 Å². The van der Waals surface area contributed by atoms with E-state index in [1.54, 1.807) is 19.1 Å². The number of hydrogen-bond donors (Lipinski definition) is 1. The zero-order chi connectivity index (χ0) is 18.8.